The molecule has 0 unspecified atom stereocenters. The van der Waals surface area contributed by atoms with Crippen molar-refractivity contribution in [1.82, 2.24) is 20.1 Å². The lowest BCUT2D eigenvalue weighted by molar-refractivity contribution is 0.0697. The Labute approximate surface area is 156 Å². The topological polar surface area (TPSA) is 69.0 Å². The molecule has 2 aromatic heterocycles. The van der Waals surface area contributed by atoms with Crippen molar-refractivity contribution in [2.45, 2.75) is 18.9 Å². The summed E-state index contributed by atoms with van der Waals surface area (Å²) in [5.74, 6) is -0.100. The number of aromatic nitrogens is 3. The van der Waals surface area contributed by atoms with Gasteiger partial charge in [-0.05, 0) is 31.0 Å². The first-order valence-electron chi connectivity index (χ1n) is 8.58. The van der Waals surface area contributed by atoms with Gasteiger partial charge in [0.1, 0.15) is 0 Å². The molecule has 3 heterocycles. The summed E-state index contributed by atoms with van der Waals surface area (Å²) in [6.45, 7) is 1.36. The third-order valence-corrected chi connectivity index (χ3v) is 4.81. The van der Waals surface area contributed by atoms with E-state index in [1.807, 2.05) is 25.4 Å². The maximum absolute atomic E-state index is 13.0. The van der Waals surface area contributed by atoms with Crippen molar-refractivity contribution < 1.29 is 9.53 Å². The van der Waals surface area contributed by atoms with Gasteiger partial charge in [0.2, 0.25) is 0 Å². The molecule has 1 saturated heterocycles. The molecule has 1 N–H and O–H groups in total. The molecule has 4 rings (SSSR count). The van der Waals surface area contributed by atoms with Crippen LogP contribution in [0.25, 0.3) is 22.2 Å². The van der Waals surface area contributed by atoms with Gasteiger partial charge >= 0.3 is 0 Å². The van der Waals surface area contributed by atoms with Crippen molar-refractivity contribution in [3.8, 4) is 11.3 Å². The van der Waals surface area contributed by atoms with Gasteiger partial charge in [-0.25, -0.2) is 4.98 Å². The first-order valence-corrected chi connectivity index (χ1v) is 8.96. The third-order valence-electron chi connectivity index (χ3n) is 4.57. The van der Waals surface area contributed by atoms with Crippen LogP contribution in [-0.2, 0) is 11.8 Å². The normalized spacial score (nSPS) is 15.3. The molecule has 0 radical (unpaired) electrons. The number of benzene rings is 1. The van der Waals surface area contributed by atoms with Crippen molar-refractivity contribution in [2.75, 3.05) is 13.2 Å². The molecule has 1 fully saturated rings. The van der Waals surface area contributed by atoms with E-state index in [1.165, 1.54) is 0 Å². The highest BCUT2D eigenvalue weighted by Gasteiger charge is 2.20. The predicted octanol–water partition coefficient (Wildman–Crippen LogP) is 3.20. The number of hydrogen-bond acceptors (Lipinski definition) is 4. The number of carbonyl (C=O) groups excluding carboxylic acids is 1. The Hall–Kier alpha value is -2.44. The van der Waals surface area contributed by atoms with Crippen LogP contribution in [0.3, 0.4) is 0 Å². The second-order valence-electron chi connectivity index (χ2n) is 6.48. The molecule has 0 aliphatic carbocycles. The lowest BCUT2D eigenvalue weighted by Crippen LogP contribution is -2.39. The molecule has 134 valence electrons. The van der Waals surface area contributed by atoms with E-state index in [9.17, 15) is 4.79 Å². The number of halogens is 1. The number of fused-ring (bicyclic) bond motifs is 1. The zero-order valence-electron chi connectivity index (χ0n) is 14.4. The fraction of sp³-hybridized carbons (Fsp3) is 0.316. The Bertz CT molecular complexity index is 963. The van der Waals surface area contributed by atoms with Crippen LogP contribution in [0.2, 0.25) is 5.02 Å². The Morgan fingerprint density at radius 2 is 2.12 bits per heavy atom. The molecule has 0 spiro atoms. The van der Waals surface area contributed by atoms with Gasteiger partial charge < -0.3 is 10.1 Å². The van der Waals surface area contributed by atoms with Gasteiger partial charge in [0.15, 0.2) is 0 Å². The van der Waals surface area contributed by atoms with E-state index in [4.69, 9.17) is 16.3 Å². The zero-order chi connectivity index (χ0) is 18.1. The third kappa shape index (κ3) is 3.43. The van der Waals surface area contributed by atoms with E-state index >= 15 is 0 Å². The number of ether oxygens (including phenoxy) is 1. The predicted molar refractivity (Wildman–Crippen MR) is 100 cm³/mol. The minimum Gasteiger partial charge on any atom is -0.381 e. The summed E-state index contributed by atoms with van der Waals surface area (Å²) in [7, 11) is 1.85. The van der Waals surface area contributed by atoms with Gasteiger partial charge in [0.25, 0.3) is 5.91 Å². The lowest BCUT2D eigenvalue weighted by atomic mass is 10.0. The molecule has 1 amide bonds. The largest absolute Gasteiger partial charge is 0.381 e. The first-order chi connectivity index (χ1) is 12.6. The van der Waals surface area contributed by atoms with Crippen molar-refractivity contribution in [3.63, 3.8) is 0 Å². The second-order valence-corrected chi connectivity index (χ2v) is 6.92. The van der Waals surface area contributed by atoms with Crippen molar-refractivity contribution >= 4 is 28.4 Å². The molecule has 1 aromatic carbocycles. The average molecular weight is 371 g/mol. The molecule has 0 bridgehead atoms. The van der Waals surface area contributed by atoms with Crippen LogP contribution in [0.15, 0.2) is 36.7 Å². The fourth-order valence-electron chi connectivity index (χ4n) is 3.20. The summed E-state index contributed by atoms with van der Waals surface area (Å²) in [4.78, 5) is 17.6. The van der Waals surface area contributed by atoms with Gasteiger partial charge in [0, 0.05) is 48.5 Å². The maximum Gasteiger partial charge on any atom is 0.252 e. The molecule has 6 nitrogen and oxygen atoms in total. The highest BCUT2D eigenvalue weighted by molar-refractivity contribution is 6.31. The minimum absolute atomic E-state index is 0.100. The standard InChI is InChI=1S/C19H19ClN4O2/c1-24-11-12(10-21-24)17-9-16(15-3-2-13(20)8-18(15)23-17)19(25)22-14-4-6-26-7-5-14/h2-3,8-11,14H,4-7H2,1H3,(H,22,25). The number of nitrogens with zero attached hydrogens (tertiary/aromatic N) is 3. The Kier molecular flexibility index (Phi) is 4.61. The summed E-state index contributed by atoms with van der Waals surface area (Å²) in [6.07, 6.45) is 5.27. The van der Waals surface area contributed by atoms with E-state index in [0.29, 0.717) is 35.0 Å². The van der Waals surface area contributed by atoms with Gasteiger partial charge in [-0.1, -0.05) is 17.7 Å². The van der Waals surface area contributed by atoms with E-state index in [1.54, 1.807) is 23.0 Å². The van der Waals surface area contributed by atoms with Crippen LogP contribution < -0.4 is 5.32 Å². The van der Waals surface area contributed by atoms with E-state index in [2.05, 4.69) is 15.4 Å². The van der Waals surface area contributed by atoms with Crippen LogP contribution in [0, 0.1) is 0 Å². The van der Waals surface area contributed by atoms with Crippen LogP contribution in [0.4, 0.5) is 0 Å². The summed E-state index contributed by atoms with van der Waals surface area (Å²) in [6, 6.07) is 7.36. The lowest BCUT2D eigenvalue weighted by Gasteiger charge is -2.23. The van der Waals surface area contributed by atoms with Crippen molar-refractivity contribution in [2.24, 2.45) is 7.05 Å². The molecule has 0 saturated carbocycles. The molecule has 0 atom stereocenters. The molecule has 1 aliphatic rings. The highest BCUT2D eigenvalue weighted by atomic mass is 35.5. The summed E-state index contributed by atoms with van der Waals surface area (Å²) in [5.41, 5.74) is 2.84. The summed E-state index contributed by atoms with van der Waals surface area (Å²) < 4.78 is 7.07. The van der Waals surface area contributed by atoms with Gasteiger partial charge in [-0.3, -0.25) is 9.48 Å². The number of carbonyl (C=O) groups is 1. The molecule has 26 heavy (non-hydrogen) atoms. The van der Waals surface area contributed by atoms with Crippen molar-refractivity contribution in [1.29, 1.82) is 0 Å². The van der Waals surface area contributed by atoms with E-state index < -0.39 is 0 Å². The minimum atomic E-state index is -0.100. The number of aryl methyl sites for hydroxylation is 1. The number of amides is 1. The van der Waals surface area contributed by atoms with E-state index in [0.717, 1.165) is 23.8 Å². The maximum atomic E-state index is 13.0. The van der Waals surface area contributed by atoms with Gasteiger partial charge in [-0.15, -0.1) is 0 Å². The van der Waals surface area contributed by atoms with Crippen LogP contribution in [0.1, 0.15) is 23.2 Å². The Morgan fingerprint density at radius 3 is 2.85 bits per heavy atom. The highest BCUT2D eigenvalue weighted by Crippen LogP contribution is 2.27. The Morgan fingerprint density at radius 1 is 1.31 bits per heavy atom. The molecular weight excluding hydrogens is 352 g/mol. The second kappa shape index (κ2) is 7.05. The Balaban J connectivity index is 1.77. The fourth-order valence-corrected chi connectivity index (χ4v) is 3.36. The van der Waals surface area contributed by atoms with Gasteiger partial charge in [-0.2, -0.15) is 5.10 Å². The van der Waals surface area contributed by atoms with Crippen LogP contribution >= 0.6 is 11.6 Å². The number of hydrogen-bond donors (Lipinski definition) is 1. The quantitative estimate of drug-likeness (QED) is 0.768. The number of nitrogens with one attached hydrogen (secondary N) is 1. The molecular formula is C19H19ClN4O2. The first kappa shape index (κ1) is 17.0. The monoisotopic (exact) mass is 370 g/mol. The van der Waals surface area contributed by atoms with Crippen molar-refractivity contribution in [3.05, 3.63) is 47.2 Å². The van der Waals surface area contributed by atoms with E-state index in [-0.39, 0.29) is 11.9 Å². The number of rotatable bonds is 3. The molecule has 1 aliphatic heterocycles. The SMILES string of the molecule is Cn1cc(-c2cc(C(=O)NC3CCOCC3)c3ccc(Cl)cc3n2)cn1. The summed E-state index contributed by atoms with van der Waals surface area (Å²) in [5, 5.41) is 8.69. The zero-order valence-corrected chi connectivity index (χ0v) is 15.2. The van der Waals surface area contributed by atoms with Gasteiger partial charge in [0.05, 0.1) is 23.0 Å². The summed E-state index contributed by atoms with van der Waals surface area (Å²) >= 11 is 6.14. The van der Waals surface area contributed by atoms with Crippen LogP contribution in [0.5, 0.6) is 0 Å². The van der Waals surface area contributed by atoms with Crippen LogP contribution in [-0.4, -0.2) is 39.9 Å². The average Bonchev–Trinajstić information content (AvgIpc) is 3.07. The molecule has 7 heteroatoms. The smallest absolute Gasteiger partial charge is 0.252 e. The number of pyridine rings is 1. The molecule has 3 aromatic rings.